The highest BCUT2D eigenvalue weighted by Gasteiger charge is 1.95. The quantitative estimate of drug-likeness (QED) is 0.590. The minimum atomic E-state index is 0.457. The molecule has 0 aliphatic carbocycles. The SMILES string of the molecule is Cc1ccc(CN)c(N)n1. The van der Waals surface area contributed by atoms with Gasteiger partial charge in [-0.1, -0.05) is 6.07 Å². The lowest BCUT2D eigenvalue weighted by atomic mass is 10.2. The van der Waals surface area contributed by atoms with Crippen LogP contribution in [0.2, 0.25) is 0 Å². The van der Waals surface area contributed by atoms with Gasteiger partial charge in [0.2, 0.25) is 0 Å². The maximum absolute atomic E-state index is 5.54. The second-order valence-corrected chi connectivity index (χ2v) is 2.20. The molecule has 0 saturated carbocycles. The van der Waals surface area contributed by atoms with Crippen molar-refractivity contribution in [3.8, 4) is 0 Å². The smallest absolute Gasteiger partial charge is 0.128 e. The Morgan fingerprint density at radius 1 is 1.50 bits per heavy atom. The molecule has 0 spiro atoms. The van der Waals surface area contributed by atoms with Crippen LogP contribution in [-0.2, 0) is 6.54 Å². The highest BCUT2D eigenvalue weighted by Crippen LogP contribution is 2.07. The molecule has 0 aliphatic rings. The van der Waals surface area contributed by atoms with E-state index in [4.69, 9.17) is 11.5 Å². The van der Waals surface area contributed by atoms with Crippen molar-refractivity contribution in [3.63, 3.8) is 0 Å². The molecule has 0 atom stereocenters. The second kappa shape index (κ2) is 2.66. The van der Waals surface area contributed by atoms with Crippen molar-refractivity contribution < 1.29 is 0 Å². The lowest BCUT2D eigenvalue weighted by Gasteiger charge is -2.00. The normalized spacial score (nSPS) is 9.80. The van der Waals surface area contributed by atoms with Crippen molar-refractivity contribution in [2.24, 2.45) is 5.73 Å². The Kier molecular flexibility index (Phi) is 1.87. The molecule has 0 radical (unpaired) electrons. The summed E-state index contributed by atoms with van der Waals surface area (Å²) in [6, 6.07) is 3.80. The molecule has 0 fully saturated rings. The average Bonchev–Trinajstić information content (AvgIpc) is 1.88. The molecule has 0 bridgehead atoms. The van der Waals surface area contributed by atoms with E-state index in [0.717, 1.165) is 11.3 Å². The molecule has 0 amide bonds. The Morgan fingerprint density at radius 2 is 2.20 bits per heavy atom. The molecule has 0 saturated heterocycles. The number of nitrogen functional groups attached to an aromatic ring is 1. The van der Waals surface area contributed by atoms with Gasteiger partial charge < -0.3 is 11.5 Å². The summed E-state index contributed by atoms with van der Waals surface area (Å²) in [4.78, 5) is 4.04. The third-order valence-electron chi connectivity index (χ3n) is 1.37. The van der Waals surface area contributed by atoms with Crippen LogP contribution in [0, 0.1) is 6.92 Å². The Morgan fingerprint density at radius 3 is 2.70 bits per heavy atom. The first-order chi connectivity index (χ1) is 4.74. The van der Waals surface area contributed by atoms with Gasteiger partial charge >= 0.3 is 0 Å². The predicted molar refractivity (Wildman–Crippen MR) is 41.3 cm³/mol. The minimum absolute atomic E-state index is 0.457. The zero-order valence-corrected chi connectivity index (χ0v) is 5.96. The fraction of sp³-hybridized carbons (Fsp3) is 0.286. The second-order valence-electron chi connectivity index (χ2n) is 2.20. The molecule has 0 aromatic carbocycles. The molecule has 3 heteroatoms. The predicted octanol–water partition coefficient (Wildman–Crippen LogP) is 0.431. The number of nitrogens with zero attached hydrogens (tertiary/aromatic N) is 1. The minimum Gasteiger partial charge on any atom is -0.383 e. The molecule has 1 aromatic heterocycles. The van der Waals surface area contributed by atoms with E-state index in [1.54, 1.807) is 0 Å². The number of hydrogen-bond acceptors (Lipinski definition) is 3. The van der Waals surface area contributed by atoms with Crippen LogP contribution >= 0.6 is 0 Å². The van der Waals surface area contributed by atoms with Crippen molar-refractivity contribution in [3.05, 3.63) is 23.4 Å². The molecule has 1 aromatic rings. The lowest BCUT2D eigenvalue weighted by molar-refractivity contribution is 1.04. The van der Waals surface area contributed by atoms with E-state index in [0.29, 0.717) is 12.4 Å². The summed E-state index contributed by atoms with van der Waals surface area (Å²) < 4.78 is 0. The van der Waals surface area contributed by atoms with Gasteiger partial charge in [0.15, 0.2) is 0 Å². The van der Waals surface area contributed by atoms with Crippen LogP contribution in [0.1, 0.15) is 11.3 Å². The number of aromatic nitrogens is 1. The van der Waals surface area contributed by atoms with Crippen LogP contribution in [0.5, 0.6) is 0 Å². The van der Waals surface area contributed by atoms with Crippen LogP contribution in [0.15, 0.2) is 12.1 Å². The first-order valence-electron chi connectivity index (χ1n) is 3.16. The van der Waals surface area contributed by atoms with Gasteiger partial charge in [-0.3, -0.25) is 0 Å². The van der Waals surface area contributed by atoms with Gasteiger partial charge in [-0.15, -0.1) is 0 Å². The Bertz CT molecular complexity index is 232. The molecule has 1 heterocycles. The highest BCUT2D eigenvalue weighted by atomic mass is 14.8. The monoisotopic (exact) mass is 137 g/mol. The maximum atomic E-state index is 5.54. The van der Waals surface area contributed by atoms with Gasteiger partial charge in [-0.05, 0) is 13.0 Å². The van der Waals surface area contributed by atoms with Crippen molar-refractivity contribution >= 4 is 5.82 Å². The van der Waals surface area contributed by atoms with E-state index in [1.807, 2.05) is 19.1 Å². The first kappa shape index (κ1) is 7.02. The van der Waals surface area contributed by atoms with Gasteiger partial charge in [0.05, 0.1) is 0 Å². The van der Waals surface area contributed by atoms with Crippen LogP contribution in [0.25, 0.3) is 0 Å². The Balaban J connectivity index is 3.07. The molecular weight excluding hydrogens is 126 g/mol. The molecule has 0 unspecified atom stereocenters. The third kappa shape index (κ3) is 1.25. The number of pyridine rings is 1. The van der Waals surface area contributed by atoms with Crippen molar-refractivity contribution in [1.82, 2.24) is 4.98 Å². The molecule has 10 heavy (non-hydrogen) atoms. The van der Waals surface area contributed by atoms with E-state index in [-0.39, 0.29) is 0 Å². The lowest BCUT2D eigenvalue weighted by Crippen LogP contribution is -2.03. The van der Waals surface area contributed by atoms with Crippen LogP contribution in [0.3, 0.4) is 0 Å². The molecule has 1 rings (SSSR count). The molecular formula is C7H11N3. The fourth-order valence-electron chi connectivity index (χ4n) is 0.778. The number of hydrogen-bond donors (Lipinski definition) is 2. The Hall–Kier alpha value is -1.09. The molecule has 54 valence electrons. The number of nitrogens with two attached hydrogens (primary N) is 2. The highest BCUT2D eigenvalue weighted by molar-refractivity contribution is 5.39. The summed E-state index contributed by atoms with van der Waals surface area (Å²) in [6.45, 7) is 2.36. The summed E-state index contributed by atoms with van der Waals surface area (Å²) in [7, 11) is 0. The first-order valence-corrected chi connectivity index (χ1v) is 3.16. The van der Waals surface area contributed by atoms with Crippen molar-refractivity contribution in [2.75, 3.05) is 5.73 Å². The maximum Gasteiger partial charge on any atom is 0.128 e. The number of aryl methyl sites for hydroxylation is 1. The van der Waals surface area contributed by atoms with E-state index >= 15 is 0 Å². The van der Waals surface area contributed by atoms with E-state index in [2.05, 4.69) is 4.98 Å². The summed E-state index contributed by atoms with van der Waals surface area (Å²) in [6.07, 6.45) is 0. The fourth-order valence-corrected chi connectivity index (χ4v) is 0.778. The standard InChI is InChI=1S/C7H11N3/c1-5-2-3-6(4-8)7(9)10-5/h2-3H,4,8H2,1H3,(H2,9,10). The van der Waals surface area contributed by atoms with Gasteiger partial charge in [0.1, 0.15) is 5.82 Å². The molecule has 4 N–H and O–H groups in total. The van der Waals surface area contributed by atoms with Crippen LogP contribution in [-0.4, -0.2) is 4.98 Å². The largest absolute Gasteiger partial charge is 0.383 e. The van der Waals surface area contributed by atoms with Gasteiger partial charge in [0, 0.05) is 17.8 Å². The van der Waals surface area contributed by atoms with Crippen molar-refractivity contribution in [1.29, 1.82) is 0 Å². The van der Waals surface area contributed by atoms with Crippen molar-refractivity contribution in [2.45, 2.75) is 13.5 Å². The van der Waals surface area contributed by atoms with E-state index < -0.39 is 0 Å². The van der Waals surface area contributed by atoms with Crippen LogP contribution < -0.4 is 11.5 Å². The summed E-state index contributed by atoms with van der Waals surface area (Å²) in [5.74, 6) is 0.544. The average molecular weight is 137 g/mol. The zero-order chi connectivity index (χ0) is 7.56. The van der Waals surface area contributed by atoms with Crippen LogP contribution in [0.4, 0.5) is 5.82 Å². The third-order valence-corrected chi connectivity index (χ3v) is 1.37. The van der Waals surface area contributed by atoms with Gasteiger partial charge in [-0.2, -0.15) is 0 Å². The summed E-state index contributed by atoms with van der Waals surface area (Å²) >= 11 is 0. The zero-order valence-electron chi connectivity index (χ0n) is 5.96. The van der Waals surface area contributed by atoms with Gasteiger partial charge in [-0.25, -0.2) is 4.98 Å². The summed E-state index contributed by atoms with van der Waals surface area (Å²) in [5, 5.41) is 0. The molecule has 0 aliphatic heterocycles. The van der Waals surface area contributed by atoms with Gasteiger partial charge in [0.25, 0.3) is 0 Å². The number of rotatable bonds is 1. The Labute approximate surface area is 60.1 Å². The summed E-state index contributed by atoms with van der Waals surface area (Å²) in [5.41, 5.74) is 12.8. The van der Waals surface area contributed by atoms with E-state index in [1.165, 1.54) is 0 Å². The topological polar surface area (TPSA) is 64.9 Å². The molecule has 3 nitrogen and oxygen atoms in total. The number of anilines is 1. The van der Waals surface area contributed by atoms with E-state index in [9.17, 15) is 0 Å².